The molecule has 0 amide bonds. The van der Waals surface area contributed by atoms with E-state index in [4.69, 9.17) is 17.0 Å². The Morgan fingerprint density at radius 2 is 1.90 bits per heavy atom. The first kappa shape index (κ1) is 21.7. The van der Waals surface area contributed by atoms with Crippen molar-refractivity contribution in [3.8, 4) is 34.3 Å². The molecule has 3 aromatic rings. The Hall–Kier alpha value is -3.00. The highest BCUT2D eigenvalue weighted by atomic mass is 32.1. The third-order valence-corrected chi connectivity index (χ3v) is 5.46. The molecule has 0 radical (unpaired) electrons. The van der Waals surface area contributed by atoms with Gasteiger partial charge in [0.1, 0.15) is 17.2 Å². The third-order valence-electron chi connectivity index (χ3n) is 5.19. The number of anilines is 1. The van der Waals surface area contributed by atoms with Crippen LogP contribution in [0.3, 0.4) is 0 Å². The lowest BCUT2D eigenvalue weighted by Gasteiger charge is -2.29. The van der Waals surface area contributed by atoms with Crippen molar-refractivity contribution in [2.24, 2.45) is 0 Å². The zero-order valence-corrected chi connectivity index (χ0v) is 18.7. The zero-order valence-electron chi connectivity index (χ0n) is 17.9. The van der Waals surface area contributed by atoms with Gasteiger partial charge in [-0.1, -0.05) is 6.92 Å². The summed E-state index contributed by atoms with van der Waals surface area (Å²) in [5.41, 5.74) is 2.95. The molecule has 1 aromatic heterocycles. The molecule has 30 heavy (non-hydrogen) atoms. The second-order valence-corrected chi connectivity index (χ2v) is 7.66. The van der Waals surface area contributed by atoms with E-state index in [1.54, 1.807) is 17.7 Å². The Morgan fingerprint density at radius 3 is 2.50 bits per heavy atom. The molecule has 0 fully saturated rings. The van der Waals surface area contributed by atoms with Crippen LogP contribution in [0.4, 0.5) is 5.69 Å². The molecule has 0 aliphatic heterocycles. The number of aromatic nitrogens is 3. The first-order valence-electron chi connectivity index (χ1n) is 9.99. The maximum absolute atomic E-state index is 10.5. The lowest BCUT2D eigenvalue weighted by atomic mass is 10.1. The standard InChI is InChI=1S/C22H28N4O3S/c1-6-14-10-16(19(28)12-18(14)27)21-23-24-22(30)26(21)15-8-9-20(29-5)17(11-15)25(7-2)13(3)4/h8-13,27-28H,6-7H2,1-5H3,(H,24,30). The lowest BCUT2D eigenvalue weighted by Crippen LogP contribution is -2.30. The van der Waals surface area contributed by atoms with Crippen molar-refractivity contribution in [2.75, 3.05) is 18.6 Å². The number of methoxy groups -OCH3 is 1. The molecule has 3 rings (SSSR count). The van der Waals surface area contributed by atoms with Gasteiger partial charge in [0.15, 0.2) is 10.6 Å². The summed E-state index contributed by atoms with van der Waals surface area (Å²) < 4.78 is 7.77. The molecule has 1 heterocycles. The number of hydrogen-bond donors (Lipinski definition) is 3. The van der Waals surface area contributed by atoms with E-state index in [1.165, 1.54) is 6.07 Å². The number of aromatic hydroxyl groups is 2. The number of phenolic OH excluding ortho intramolecular Hbond substituents is 2. The van der Waals surface area contributed by atoms with E-state index in [0.717, 1.165) is 29.2 Å². The minimum absolute atomic E-state index is 0.0571. The topological polar surface area (TPSA) is 86.5 Å². The monoisotopic (exact) mass is 428 g/mol. The molecule has 0 spiro atoms. The normalized spacial score (nSPS) is 11.1. The number of ether oxygens (including phenoxy) is 1. The van der Waals surface area contributed by atoms with Crippen LogP contribution in [-0.2, 0) is 6.42 Å². The molecular formula is C22H28N4O3S. The highest BCUT2D eigenvalue weighted by Gasteiger charge is 2.20. The number of aromatic amines is 1. The lowest BCUT2D eigenvalue weighted by molar-refractivity contribution is 0.413. The van der Waals surface area contributed by atoms with Gasteiger partial charge in [-0.05, 0) is 69.2 Å². The molecule has 0 atom stereocenters. The fraction of sp³-hybridized carbons (Fsp3) is 0.364. The number of nitrogens with zero attached hydrogens (tertiary/aromatic N) is 3. The Labute approximate surface area is 181 Å². The van der Waals surface area contributed by atoms with E-state index >= 15 is 0 Å². The molecular weight excluding hydrogens is 400 g/mol. The molecule has 0 saturated heterocycles. The van der Waals surface area contributed by atoms with Crippen LogP contribution in [0, 0.1) is 4.77 Å². The van der Waals surface area contributed by atoms with Gasteiger partial charge in [0, 0.05) is 18.7 Å². The first-order valence-corrected chi connectivity index (χ1v) is 10.4. The highest BCUT2D eigenvalue weighted by Crippen LogP contribution is 2.37. The molecule has 0 aliphatic carbocycles. The Balaban J connectivity index is 2.23. The van der Waals surface area contributed by atoms with Gasteiger partial charge in [-0.2, -0.15) is 5.10 Å². The molecule has 160 valence electrons. The van der Waals surface area contributed by atoms with Gasteiger partial charge in [0.05, 0.1) is 24.0 Å². The number of phenols is 2. The summed E-state index contributed by atoms with van der Waals surface area (Å²) in [7, 11) is 1.66. The summed E-state index contributed by atoms with van der Waals surface area (Å²) in [6, 6.07) is 9.18. The number of benzene rings is 2. The van der Waals surface area contributed by atoms with Crippen molar-refractivity contribution in [2.45, 2.75) is 40.2 Å². The second kappa shape index (κ2) is 8.79. The molecule has 7 nitrogen and oxygen atoms in total. The van der Waals surface area contributed by atoms with Crippen molar-refractivity contribution in [3.63, 3.8) is 0 Å². The van der Waals surface area contributed by atoms with Crippen molar-refractivity contribution in [1.82, 2.24) is 14.8 Å². The molecule has 0 aliphatic rings. The number of rotatable bonds is 7. The number of H-pyrrole nitrogens is 1. The van der Waals surface area contributed by atoms with Crippen LogP contribution < -0.4 is 9.64 Å². The summed E-state index contributed by atoms with van der Waals surface area (Å²) in [4.78, 5) is 2.24. The molecule has 8 heteroatoms. The predicted molar refractivity (Wildman–Crippen MR) is 122 cm³/mol. The highest BCUT2D eigenvalue weighted by molar-refractivity contribution is 7.71. The zero-order chi connectivity index (χ0) is 22.0. The average Bonchev–Trinajstić information content (AvgIpc) is 3.09. The summed E-state index contributed by atoms with van der Waals surface area (Å²) in [6.45, 7) is 9.12. The van der Waals surface area contributed by atoms with Crippen molar-refractivity contribution in [1.29, 1.82) is 0 Å². The number of aryl methyl sites for hydroxylation is 1. The Morgan fingerprint density at radius 1 is 1.17 bits per heavy atom. The van der Waals surface area contributed by atoms with E-state index in [0.29, 0.717) is 22.6 Å². The van der Waals surface area contributed by atoms with E-state index in [-0.39, 0.29) is 17.5 Å². The van der Waals surface area contributed by atoms with Gasteiger partial charge in [0.2, 0.25) is 0 Å². The SMILES string of the molecule is CCc1cc(-c2n[nH]c(=S)n2-c2ccc(OC)c(N(CC)C(C)C)c2)c(O)cc1O. The van der Waals surface area contributed by atoms with Crippen molar-refractivity contribution in [3.05, 3.63) is 40.7 Å². The maximum Gasteiger partial charge on any atom is 0.200 e. The maximum atomic E-state index is 10.5. The largest absolute Gasteiger partial charge is 0.508 e. The minimum Gasteiger partial charge on any atom is -0.508 e. The number of nitrogens with one attached hydrogen (secondary N) is 1. The van der Waals surface area contributed by atoms with Crippen LogP contribution in [0.25, 0.3) is 17.1 Å². The van der Waals surface area contributed by atoms with Crippen LogP contribution in [-0.4, -0.2) is 44.7 Å². The molecule has 3 N–H and O–H groups in total. The van der Waals surface area contributed by atoms with Gasteiger partial charge in [0.25, 0.3) is 0 Å². The minimum atomic E-state index is -0.0638. The molecule has 0 saturated carbocycles. The number of hydrogen-bond acceptors (Lipinski definition) is 6. The van der Waals surface area contributed by atoms with E-state index in [2.05, 4.69) is 35.9 Å². The summed E-state index contributed by atoms with van der Waals surface area (Å²) in [5.74, 6) is 1.23. The summed E-state index contributed by atoms with van der Waals surface area (Å²) in [6.07, 6.45) is 0.622. The molecule has 2 aromatic carbocycles. The summed E-state index contributed by atoms with van der Waals surface area (Å²) in [5, 5.41) is 27.7. The van der Waals surface area contributed by atoms with E-state index in [9.17, 15) is 10.2 Å². The Kier molecular flexibility index (Phi) is 6.36. The van der Waals surface area contributed by atoms with Gasteiger partial charge in [-0.25, -0.2) is 0 Å². The smallest absolute Gasteiger partial charge is 0.200 e. The van der Waals surface area contributed by atoms with Crippen LogP contribution in [0.2, 0.25) is 0 Å². The third kappa shape index (κ3) is 3.87. The van der Waals surface area contributed by atoms with E-state index < -0.39 is 0 Å². The predicted octanol–water partition coefficient (Wildman–Crippen LogP) is 4.81. The van der Waals surface area contributed by atoms with Crippen molar-refractivity contribution < 1.29 is 14.9 Å². The van der Waals surface area contributed by atoms with Gasteiger partial charge >= 0.3 is 0 Å². The Bertz CT molecular complexity index is 1100. The van der Waals surface area contributed by atoms with Crippen LogP contribution in [0.5, 0.6) is 17.2 Å². The van der Waals surface area contributed by atoms with Crippen LogP contribution >= 0.6 is 12.2 Å². The quantitative estimate of drug-likeness (QED) is 0.468. The van der Waals surface area contributed by atoms with Gasteiger partial charge < -0.3 is 19.8 Å². The molecule has 0 bridgehead atoms. The first-order chi connectivity index (χ1) is 14.3. The van der Waals surface area contributed by atoms with Crippen LogP contribution in [0.1, 0.15) is 33.3 Å². The fourth-order valence-electron chi connectivity index (χ4n) is 3.66. The second-order valence-electron chi connectivity index (χ2n) is 7.28. The van der Waals surface area contributed by atoms with Gasteiger partial charge in [-0.3, -0.25) is 9.67 Å². The average molecular weight is 429 g/mol. The summed E-state index contributed by atoms with van der Waals surface area (Å²) >= 11 is 5.50. The van der Waals surface area contributed by atoms with E-state index in [1.807, 2.05) is 25.1 Å². The van der Waals surface area contributed by atoms with Gasteiger partial charge in [-0.15, -0.1) is 0 Å². The van der Waals surface area contributed by atoms with Crippen molar-refractivity contribution >= 4 is 17.9 Å². The molecule has 0 unspecified atom stereocenters. The fourth-order valence-corrected chi connectivity index (χ4v) is 3.89. The van der Waals surface area contributed by atoms with Crippen LogP contribution in [0.15, 0.2) is 30.3 Å².